The summed E-state index contributed by atoms with van der Waals surface area (Å²) in [4.78, 5) is 2.31. The van der Waals surface area contributed by atoms with Crippen molar-refractivity contribution in [3.05, 3.63) is 47.5 Å². The molecule has 3 N–H and O–H groups in total. The Labute approximate surface area is 125 Å². The molecule has 0 aliphatic rings. The molecule has 0 aliphatic carbocycles. The molecule has 0 bridgehead atoms. The molecule has 2 aromatic carbocycles. The number of nitrogens with zero attached hydrogens (tertiary/aromatic N) is 1. The zero-order valence-corrected chi connectivity index (χ0v) is 12.6. The van der Waals surface area contributed by atoms with Crippen LogP contribution in [0.5, 0.6) is 0 Å². The van der Waals surface area contributed by atoms with Crippen LogP contribution in [-0.4, -0.2) is 13.1 Å². The average Bonchev–Trinajstić information content (AvgIpc) is 2.45. The van der Waals surface area contributed by atoms with Crippen molar-refractivity contribution in [1.82, 2.24) is 0 Å². The van der Waals surface area contributed by atoms with E-state index in [0.29, 0.717) is 10.7 Å². The monoisotopic (exact) mass is 289 g/mol. The summed E-state index contributed by atoms with van der Waals surface area (Å²) in [5.74, 6) is 0. The number of nitrogens with two attached hydrogens (primary N) is 1. The second kappa shape index (κ2) is 6.53. The van der Waals surface area contributed by atoms with E-state index in [-0.39, 0.29) is 0 Å². The third kappa shape index (κ3) is 3.36. The van der Waals surface area contributed by atoms with Gasteiger partial charge in [0, 0.05) is 30.2 Å². The van der Waals surface area contributed by atoms with Crippen molar-refractivity contribution in [3.63, 3.8) is 0 Å². The highest BCUT2D eigenvalue weighted by Crippen LogP contribution is 2.28. The lowest BCUT2D eigenvalue weighted by Gasteiger charge is -2.21. The predicted molar refractivity (Wildman–Crippen MR) is 89.2 cm³/mol. The van der Waals surface area contributed by atoms with Gasteiger partial charge in [0.15, 0.2) is 0 Å². The first-order chi connectivity index (χ1) is 9.63. The lowest BCUT2D eigenvalue weighted by Crippen LogP contribution is -2.21. The second-order valence-corrected chi connectivity index (χ2v) is 4.99. The SMILES string of the molecule is CCN(CC)c1ccc(Nc2ccc(N)cc2Cl)cc1. The fraction of sp³-hybridized carbons (Fsp3) is 0.250. The Morgan fingerprint density at radius 3 is 2.25 bits per heavy atom. The topological polar surface area (TPSA) is 41.3 Å². The second-order valence-electron chi connectivity index (χ2n) is 4.58. The van der Waals surface area contributed by atoms with E-state index >= 15 is 0 Å². The van der Waals surface area contributed by atoms with Crippen LogP contribution >= 0.6 is 11.6 Å². The Kier molecular flexibility index (Phi) is 4.74. The molecule has 20 heavy (non-hydrogen) atoms. The molecule has 0 fully saturated rings. The lowest BCUT2D eigenvalue weighted by molar-refractivity contribution is 0.866. The van der Waals surface area contributed by atoms with Crippen LogP contribution in [0.4, 0.5) is 22.7 Å². The Morgan fingerprint density at radius 1 is 1.05 bits per heavy atom. The first-order valence-electron chi connectivity index (χ1n) is 6.81. The molecule has 2 rings (SSSR count). The Hall–Kier alpha value is -1.87. The normalized spacial score (nSPS) is 10.3. The molecule has 0 aromatic heterocycles. The molecule has 3 nitrogen and oxygen atoms in total. The number of halogens is 1. The van der Waals surface area contributed by atoms with Crippen molar-refractivity contribution in [3.8, 4) is 0 Å². The van der Waals surface area contributed by atoms with Crippen molar-refractivity contribution < 1.29 is 0 Å². The van der Waals surface area contributed by atoms with Gasteiger partial charge in [-0.3, -0.25) is 0 Å². The van der Waals surface area contributed by atoms with Gasteiger partial charge >= 0.3 is 0 Å². The minimum atomic E-state index is 0.623. The third-order valence-electron chi connectivity index (χ3n) is 3.27. The van der Waals surface area contributed by atoms with Crippen molar-refractivity contribution in [1.29, 1.82) is 0 Å². The molecular weight excluding hydrogens is 270 g/mol. The number of nitrogen functional groups attached to an aromatic ring is 1. The Bertz CT molecular complexity index is 562. The van der Waals surface area contributed by atoms with Crippen LogP contribution in [0, 0.1) is 0 Å². The van der Waals surface area contributed by atoms with Gasteiger partial charge in [-0.1, -0.05) is 11.6 Å². The summed E-state index contributed by atoms with van der Waals surface area (Å²) in [6, 6.07) is 13.8. The smallest absolute Gasteiger partial charge is 0.0661 e. The number of rotatable bonds is 5. The van der Waals surface area contributed by atoms with Gasteiger partial charge in [0.05, 0.1) is 10.7 Å². The molecule has 0 saturated heterocycles. The fourth-order valence-corrected chi connectivity index (χ4v) is 2.37. The molecule has 2 aromatic rings. The summed E-state index contributed by atoms with van der Waals surface area (Å²) in [7, 11) is 0. The van der Waals surface area contributed by atoms with Gasteiger partial charge in [-0.2, -0.15) is 0 Å². The molecular formula is C16H20ClN3. The van der Waals surface area contributed by atoms with Gasteiger partial charge in [-0.25, -0.2) is 0 Å². The molecule has 0 amide bonds. The quantitative estimate of drug-likeness (QED) is 0.796. The molecule has 4 heteroatoms. The molecule has 0 saturated carbocycles. The van der Waals surface area contributed by atoms with Gasteiger partial charge < -0.3 is 16.0 Å². The first-order valence-corrected chi connectivity index (χ1v) is 7.19. The molecule has 0 atom stereocenters. The fourth-order valence-electron chi connectivity index (χ4n) is 2.13. The van der Waals surface area contributed by atoms with E-state index in [4.69, 9.17) is 17.3 Å². The van der Waals surface area contributed by atoms with Gasteiger partial charge in [-0.15, -0.1) is 0 Å². The highest BCUT2D eigenvalue weighted by Gasteiger charge is 2.03. The number of benzene rings is 2. The maximum Gasteiger partial charge on any atom is 0.0661 e. The predicted octanol–water partition coefficient (Wildman–Crippen LogP) is 4.51. The average molecular weight is 290 g/mol. The summed E-state index contributed by atoms with van der Waals surface area (Å²) < 4.78 is 0. The van der Waals surface area contributed by atoms with Crippen LogP contribution in [-0.2, 0) is 0 Å². The molecule has 0 unspecified atom stereocenters. The van der Waals surface area contributed by atoms with Crippen molar-refractivity contribution in [2.24, 2.45) is 0 Å². The molecule has 0 aliphatic heterocycles. The summed E-state index contributed by atoms with van der Waals surface area (Å²) in [6.07, 6.45) is 0. The maximum absolute atomic E-state index is 6.16. The molecule has 0 heterocycles. The summed E-state index contributed by atoms with van der Waals surface area (Å²) in [5, 5.41) is 3.92. The number of anilines is 4. The van der Waals surface area contributed by atoms with Crippen LogP contribution in [0.1, 0.15) is 13.8 Å². The molecule has 106 valence electrons. The number of nitrogens with one attached hydrogen (secondary N) is 1. The highest BCUT2D eigenvalue weighted by molar-refractivity contribution is 6.33. The Balaban J connectivity index is 2.14. The van der Waals surface area contributed by atoms with E-state index in [0.717, 1.165) is 24.5 Å². The summed E-state index contributed by atoms with van der Waals surface area (Å²) in [5.41, 5.74) is 9.44. The minimum Gasteiger partial charge on any atom is -0.399 e. The van der Waals surface area contributed by atoms with Crippen LogP contribution in [0.15, 0.2) is 42.5 Å². The van der Waals surface area contributed by atoms with E-state index in [9.17, 15) is 0 Å². The van der Waals surface area contributed by atoms with E-state index in [2.05, 4.69) is 48.3 Å². The summed E-state index contributed by atoms with van der Waals surface area (Å²) >= 11 is 6.16. The zero-order valence-electron chi connectivity index (χ0n) is 11.9. The largest absolute Gasteiger partial charge is 0.399 e. The van der Waals surface area contributed by atoms with Gasteiger partial charge in [0.25, 0.3) is 0 Å². The van der Waals surface area contributed by atoms with Crippen LogP contribution in [0.2, 0.25) is 5.02 Å². The Morgan fingerprint density at radius 2 is 1.70 bits per heavy atom. The van der Waals surface area contributed by atoms with Crippen LogP contribution < -0.4 is 16.0 Å². The van der Waals surface area contributed by atoms with Crippen molar-refractivity contribution >= 4 is 34.4 Å². The summed E-state index contributed by atoms with van der Waals surface area (Å²) in [6.45, 7) is 6.33. The van der Waals surface area contributed by atoms with Crippen molar-refractivity contribution in [2.45, 2.75) is 13.8 Å². The van der Waals surface area contributed by atoms with E-state index in [1.165, 1.54) is 5.69 Å². The van der Waals surface area contributed by atoms with Gasteiger partial charge in [0.1, 0.15) is 0 Å². The van der Waals surface area contributed by atoms with Crippen molar-refractivity contribution in [2.75, 3.05) is 29.0 Å². The standard InChI is InChI=1S/C16H20ClN3/c1-3-20(4-2)14-8-6-13(7-9-14)19-16-10-5-12(18)11-15(16)17/h5-11,19H,3-4,18H2,1-2H3. The third-order valence-corrected chi connectivity index (χ3v) is 3.58. The van der Waals surface area contributed by atoms with Crippen LogP contribution in [0.3, 0.4) is 0 Å². The zero-order chi connectivity index (χ0) is 14.5. The minimum absolute atomic E-state index is 0.623. The van der Waals surface area contributed by atoms with E-state index < -0.39 is 0 Å². The van der Waals surface area contributed by atoms with Gasteiger partial charge in [0.2, 0.25) is 0 Å². The molecule has 0 radical (unpaired) electrons. The number of hydrogen-bond acceptors (Lipinski definition) is 3. The highest BCUT2D eigenvalue weighted by atomic mass is 35.5. The maximum atomic E-state index is 6.16. The van der Waals surface area contributed by atoms with E-state index in [1.807, 2.05) is 12.1 Å². The van der Waals surface area contributed by atoms with Crippen LogP contribution in [0.25, 0.3) is 0 Å². The van der Waals surface area contributed by atoms with Gasteiger partial charge in [-0.05, 0) is 56.3 Å². The van der Waals surface area contributed by atoms with E-state index in [1.54, 1.807) is 6.07 Å². The number of hydrogen-bond donors (Lipinski definition) is 2. The molecule has 0 spiro atoms. The first kappa shape index (κ1) is 14.5. The lowest BCUT2D eigenvalue weighted by atomic mass is 10.2.